The van der Waals surface area contributed by atoms with Gasteiger partial charge in [0.1, 0.15) is 5.82 Å². The highest BCUT2D eigenvalue weighted by atomic mass is 19.2. The maximum atomic E-state index is 13.6. The van der Waals surface area contributed by atoms with E-state index in [9.17, 15) is 18.0 Å². The van der Waals surface area contributed by atoms with E-state index in [1.807, 2.05) is 13.8 Å². The van der Waals surface area contributed by atoms with Crippen LogP contribution >= 0.6 is 0 Å². The van der Waals surface area contributed by atoms with E-state index in [2.05, 4.69) is 15.6 Å². The summed E-state index contributed by atoms with van der Waals surface area (Å²) < 4.78 is 39.6. The summed E-state index contributed by atoms with van der Waals surface area (Å²) in [6, 6.07) is 5.08. The van der Waals surface area contributed by atoms with E-state index in [1.54, 1.807) is 6.07 Å². The van der Waals surface area contributed by atoms with Gasteiger partial charge in [-0.2, -0.15) is 0 Å². The van der Waals surface area contributed by atoms with Gasteiger partial charge in [-0.3, -0.25) is 4.79 Å². The number of benzene rings is 1. The molecule has 1 unspecified atom stereocenters. The third kappa shape index (κ3) is 4.00. The van der Waals surface area contributed by atoms with Gasteiger partial charge < -0.3 is 10.6 Å². The fraction of sp³-hybridized carbons (Fsp3) is 0.250. The molecule has 1 aromatic carbocycles. The van der Waals surface area contributed by atoms with Crippen LogP contribution < -0.4 is 10.6 Å². The zero-order chi connectivity index (χ0) is 17.0. The number of hydrogen-bond acceptors (Lipinski definition) is 3. The number of nitrogens with one attached hydrogen (secondary N) is 2. The molecule has 23 heavy (non-hydrogen) atoms. The molecule has 122 valence electrons. The van der Waals surface area contributed by atoms with Crippen LogP contribution in [0, 0.1) is 17.5 Å². The fourth-order valence-corrected chi connectivity index (χ4v) is 1.82. The summed E-state index contributed by atoms with van der Waals surface area (Å²) in [6.45, 7) is 4.05. The standard InChI is InChI=1S/C16H16F3N3O/c1-3-9(2)21-10-4-7-13(20-8-10)22-16(23)11-5-6-12(17)15(19)14(11)18/h4-9,21H,3H2,1-2H3,(H,20,22,23). The Bertz CT molecular complexity index is 704. The number of anilines is 2. The van der Waals surface area contributed by atoms with E-state index < -0.39 is 28.9 Å². The molecule has 0 saturated heterocycles. The van der Waals surface area contributed by atoms with Crippen LogP contribution in [0.5, 0.6) is 0 Å². The Labute approximate surface area is 131 Å². The zero-order valence-electron chi connectivity index (χ0n) is 12.7. The second-order valence-electron chi connectivity index (χ2n) is 5.06. The third-order valence-electron chi connectivity index (χ3n) is 3.31. The van der Waals surface area contributed by atoms with E-state index >= 15 is 0 Å². The predicted octanol–water partition coefficient (Wildman–Crippen LogP) is 3.96. The molecule has 1 aromatic heterocycles. The Morgan fingerprint density at radius 3 is 2.52 bits per heavy atom. The molecule has 4 nitrogen and oxygen atoms in total. The first-order valence-electron chi connectivity index (χ1n) is 7.09. The van der Waals surface area contributed by atoms with Crippen LogP contribution in [0.1, 0.15) is 30.6 Å². The Kier molecular flexibility index (Phi) is 5.20. The molecule has 2 aromatic rings. The Morgan fingerprint density at radius 2 is 1.91 bits per heavy atom. The maximum Gasteiger partial charge on any atom is 0.259 e. The summed E-state index contributed by atoms with van der Waals surface area (Å²) in [7, 11) is 0. The van der Waals surface area contributed by atoms with E-state index in [4.69, 9.17) is 0 Å². The molecular formula is C16H16F3N3O. The van der Waals surface area contributed by atoms with Gasteiger partial charge in [-0.1, -0.05) is 6.92 Å². The topological polar surface area (TPSA) is 54.0 Å². The molecule has 2 N–H and O–H groups in total. The first kappa shape index (κ1) is 16.8. The lowest BCUT2D eigenvalue weighted by Gasteiger charge is -2.13. The molecule has 0 spiro atoms. The minimum absolute atomic E-state index is 0.175. The van der Waals surface area contributed by atoms with Gasteiger partial charge >= 0.3 is 0 Å². The lowest BCUT2D eigenvalue weighted by Crippen LogP contribution is -2.16. The first-order valence-corrected chi connectivity index (χ1v) is 7.09. The lowest BCUT2D eigenvalue weighted by atomic mass is 10.2. The predicted molar refractivity (Wildman–Crippen MR) is 81.9 cm³/mol. The number of rotatable bonds is 5. The van der Waals surface area contributed by atoms with Gasteiger partial charge in [0.25, 0.3) is 5.91 Å². The van der Waals surface area contributed by atoms with E-state index in [0.717, 1.165) is 18.2 Å². The Morgan fingerprint density at radius 1 is 1.17 bits per heavy atom. The van der Waals surface area contributed by atoms with Crippen molar-refractivity contribution in [3.63, 3.8) is 0 Å². The Balaban J connectivity index is 2.10. The largest absolute Gasteiger partial charge is 0.381 e. The van der Waals surface area contributed by atoms with Crippen LogP contribution in [0.15, 0.2) is 30.5 Å². The van der Waals surface area contributed by atoms with Crippen molar-refractivity contribution < 1.29 is 18.0 Å². The van der Waals surface area contributed by atoms with Crippen molar-refractivity contribution in [2.45, 2.75) is 26.3 Å². The number of aromatic nitrogens is 1. The highest BCUT2D eigenvalue weighted by molar-refractivity contribution is 6.04. The highest BCUT2D eigenvalue weighted by Crippen LogP contribution is 2.17. The monoisotopic (exact) mass is 323 g/mol. The second-order valence-corrected chi connectivity index (χ2v) is 5.06. The van der Waals surface area contributed by atoms with Crippen molar-refractivity contribution >= 4 is 17.4 Å². The summed E-state index contributed by atoms with van der Waals surface area (Å²) >= 11 is 0. The van der Waals surface area contributed by atoms with Gasteiger partial charge in [-0.15, -0.1) is 0 Å². The van der Waals surface area contributed by atoms with Gasteiger partial charge in [-0.25, -0.2) is 18.2 Å². The summed E-state index contributed by atoms with van der Waals surface area (Å²) in [4.78, 5) is 15.9. The van der Waals surface area contributed by atoms with Crippen molar-refractivity contribution in [3.8, 4) is 0 Å². The number of pyridine rings is 1. The summed E-state index contributed by atoms with van der Waals surface area (Å²) in [5, 5.41) is 5.53. The summed E-state index contributed by atoms with van der Waals surface area (Å²) in [6.07, 6.45) is 2.46. The molecule has 0 fully saturated rings. The molecule has 1 atom stereocenters. The molecule has 0 saturated carbocycles. The smallest absolute Gasteiger partial charge is 0.259 e. The summed E-state index contributed by atoms with van der Waals surface area (Å²) in [5.74, 6) is -5.29. The van der Waals surface area contributed by atoms with E-state index in [0.29, 0.717) is 6.07 Å². The average molecular weight is 323 g/mol. The van der Waals surface area contributed by atoms with Crippen molar-refractivity contribution in [2.75, 3.05) is 10.6 Å². The van der Waals surface area contributed by atoms with Gasteiger partial charge in [0.05, 0.1) is 17.4 Å². The lowest BCUT2D eigenvalue weighted by molar-refractivity contribution is 0.102. The molecule has 0 radical (unpaired) electrons. The molecular weight excluding hydrogens is 307 g/mol. The molecule has 0 bridgehead atoms. The summed E-state index contributed by atoms with van der Waals surface area (Å²) in [5.41, 5.74) is 0.184. The molecule has 0 aliphatic rings. The van der Waals surface area contributed by atoms with Crippen molar-refractivity contribution in [1.82, 2.24) is 4.98 Å². The number of carbonyl (C=O) groups is 1. The molecule has 1 amide bonds. The first-order chi connectivity index (χ1) is 10.9. The van der Waals surface area contributed by atoms with Crippen LogP contribution in [0.25, 0.3) is 0 Å². The zero-order valence-corrected chi connectivity index (χ0v) is 12.7. The highest BCUT2D eigenvalue weighted by Gasteiger charge is 2.19. The molecule has 1 heterocycles. The number of halogens is 3. The van der Waals surface area contributed by atoms with Gasteiger partial charge in [0.2, 0.25) is 0 Å². The number of nitrogens with zero attached hydrogens (tertiary/aromatic N) is 1. The van der Waals surface area contributed by atoms with Crippen molar-refractivity contribution in [3.05, 3.63) is 53.5 Å². The van der Waals surface area contributed by atoms with E-state index in [-0.39, 0.29) is 11.9 Å². The molecule has 7 heteroatoms. The Hall–Kier alpha value is -2.57. The third-order valence-corrected chi connectivity index (χ3v) is 3.31. The minimum Gasteiger partial charge on any atom is -0.381 e. The van der Waals surface area contributed by atoms with Crippen LogP contribution in [0.2, 0.25) is 0 Å². The maximum absolute atomic E-state index is 13.6. The van der Waals surface area contributed by atoms with Crippen LogP contribution in [-0.2, 0) is 0 Å². The van der Waals surface area contributed by atoms with Crippen LogP contribution in [0.4, 0.5) is 24.7 Å². The van der Waals surface area contributed by atoms with Crippen molar-refractivity contribution in [2.24, 2.45) is 0 Å². The molecule has 2 rings (SSSR count). The molecule has 0 aliphatic heterocycles. The normalized spacial score (nSPS) is 11.9. The number of carbonyl (C=O) groups excluding carboxylic acids is 1. The van der Waals surface area contributed by atoms with Crippen molar-refractivity contribution in [1.29, 1.82) is 0 Å². The van der Waals surface area contributed by atoms with Gasteiger partial charge in [-0.05, 0) is 37.6 Å². The SMILES string of the molecule is CCC(C)Nc1ccc(NC(=O)c2ccc(F)c(F)c2F)nc1. The fourth-order valence-electron chi connectivity index (χ4n) is 1.82. The minimum atomic E-state index is -1.68. The second kappa shape index (κ2) is 7.13. The number of hydrogen-bond donors (Lipinski definition) is 2. The van der Waals surface area contributed by atoms with Crippen LogP contribution in [0.3, 0.4) is 0 Å². The van der Waals surface area contributed by atoms with Crippen LogP contribution in [-0.4, -0.2) is 16.9 Å². The van der Waals surface area contributed by atoms with E-state index in [1.165, 1.54) is 12.3 Å². The average Bonchev–Trinajstić information content (AvgIpc) is 2.54. The molecule has 0 aliphatic carbocycles. The van der Waals surface area contributed by atoms with Gasteiger partial charge in [0.15, 0.2) is 17.5 Å². The quantitative estimate of drug-likeness (QED) is 0.819. The number of amides is 1. The van der Waals surface area contributed by atoms with Gasteiger partial charge in [0, 0.05) is 6.04 Å².